The molecular formula is C14H18N2O4S. The highest BCUT2D eigenvalue weighted by atomic mass is 32.1. The molecule has 0 atom stereocenters. The highest BCUT2D eigenvalue weighted by Gasteiger charge is 2.11. The van der Waals surface area contributed by atoms with Crippen LogP contribution in [0.15, 0.2) is 18.2 Å². The van der Waals surface area contributed by atoms with E-state index >= 15 is 0 Å². The molecule has 0 aliphatic heterocycles. The van der Waals surface area contributed by atoms with Crippen LogP contribution >= 0.6 is 12.2 Å². The number of amides is 1. The van der Waals surface area contributed by atoms with Gasteiger partial charge in [-0.25, -0.2) is 4.79 Å². The van der Waals surface area contributed by atoms with Gasteiger partial charge in [-0.15, -0.1) is 0 Å². The molecule has 1 rings (SSSR count). The van der Waals surface area contributed by atoms with Crippen LogP contribution in [0.3, 0.4) is 0 Å². The second-order valence-electron chi connectivity index (χ2n) is 4.97. The van der Waals surface area contributed by atoms with Crippen molar-refractivity contribution in [1.82, 2.24) is 5.32 Å². The Hall–Kier alpha value is -2.15. The topological polar surface area (TPSA) is 98.7 Å². The first-order valence-electron chi connectivity index (χ1n) is 6.46. The van der Waals surface area contributed by atoms with Crippen LogP contribution in [0, 0.1) is 5.92 Å². The molecule has 1 aromatic rings. The van der Waals surface area contributed by atoms with E-state index < -0.39 is 5.97 Å². The average Bonchev–Trinajstić information content (AvgIpc) is 2.38. The lowest BCUT2D eigenvalue weighted by atomic mass is 10.1. The second-order valence-corrected chi connectivity index (χ2v) is 5.38. The van der Waals surface area contributed by atoms with Crippen molar-refractivity contribution in [3.8, 4) is 5.75 Å². The Bertz CT molecular complexity index is 558. The summed E-state index contributed by atoms with van der Waals surface area (Å²) in [4.78, 5) is 22.5. The minimum Gasteiger partial charge on any atom is -0.507 e. The maximum atomic E-state index is 11.6. The number of nitrogens with one attached hydrogen (secondary N) is 2. The number of anilines is 1. The number of thiocarbonyl (C=S) groups is 1. The number of carboxylic acid groups (broad SMARTS) is 1. The van der Waals surface area contributed by atoms with E-state index in [9.17, 15) is 14.7 Å². The van der Waals surface area contributed by atoms with Crippen molar-refractivity contribution >= 4 is 34.9 Å². The standard InChI is InChI=1S/C14H18N2O4S/c1-8(2)3-6-12(18)16-14(21)15-9-4-5-11(17)10(7-9)13(19)20/h4-5,7-8,17H,3,6H2,1-2H3,(H,19,20)(H2,15,16,18,21). The number of rotatable bonds is 5. The van der Waals surface area contributed by atoms with Crippen molar-refractivity contribution in [3.63, 3.8) is 0 Å². The number of carboxylic acids is 1. The van der Waals surface area contributed by atoms with Gasteiger partial charge in [-0.05, 0) is 42.8 Å². The zero-order valence-corrected chi connectivity index (χ0v) is 12.7. The van der Waals surface area contributed by atoms with Gasteiger partial charge in [-0.2, -0.15) is 0 Å². The van der Waals surface area contributed by atoms with E-state index in [1.165, 1.54) is 18.2 Å². The fourth-order valence-corrected chi connectivity index (χ4v) is 1.79. The molecule has 0 radical (unpaired) electrons. The molecule has 0 fully saturated rings. The third kappa shape index (κ3) is 5.78. The molecule has 1 amide bonds. The predicted octanol–water partition coefficient (Wildman–Crippen LogP) is 2.34. The van der Waals surface area contributed by atoms with E-state index in [4.69, 9.17) is 17.3 Å². The smallest absolute Gasteiger partial charge is 0.339 e. The summed E-state index contributed by atoms with van der Waals surface area (Å²) in [5.41, 5.74) is 0.133. The van der Waals surface area contributed by atoms with Gasteiger partial charge in [0, 0.05) is 12.1 Å². The molecule has 0 spiro atoms. The van der Waals surface area contributed by atoms with E-state index in [1.54, 1.807) is 0 Å². The summed E-state index contributed by atoms with van der Waals surface area (Å²) >= 11 is 4.98. The normalized spacial score (nSPS) is 10.2. The van der Waals surface area contributed by atoms with Gasteiger partial charge in [0.2, 0.25) is 5.91 Å². The van der Waals surface area contributed by atoms with Gasteiger partial charge in [0.25, 0.3) is 0 Å². The first kappa shape index (κ1) is 16.9. The number of hydrogen-bond acceptors (Lipinski definition) is 4. The van der Waals surface area contributed by atoms with Gasteiger partial charge in [0.05, 0.1) is 0 Å². The zero-order chi connectivity index (χ0) is 16.0. The Morgan fingerprint density at radius 3 is 2.57 bits per heavy atom. The minimum absolute atomic E-state index is 0.0887. The van der Waals surface area contributed by atoms with Gasteiger partial charge in [0.15, 0.2) is 5.11 Å². The molecule has 0 saturated carbocycles. The highest BCUT2D eigenvalue weighted by Crippen LogP contribution is 2.21. The molecule has 7 heteroatoms. The van der Waals surface area contributed by atoms with E-state index in [0.29, 0.717) is 18.0 Å². The summed E-state index contributed by atoms with van der Waals surface area (Å²) in [5, 5.41) is 23.6. The first-order valence-corrected chi connectivity index (χ1v) is 6.87. The molecule has 0 aliphatic carbocycles. The molecule has 0 bridgehead atoms. The van der Waals surface area contributed by atoms with E-state index in [-0.39, 0.29) is 22.3 Å². The Morgan fingerprint density at radius 2 is 2.00 bits per heavy atom. The van der Waals surface area contributed by atoms with Crippen LogP contribution in [0.25, 0.3) is 0 Å². The Morgan fingerprint density at radius 1 is 1.33 bits per heavy atom. The summed E-state index contributed by atoms with van der Waals surface area (Å²) in [5.74, 6) is -1.35. The third-order valence-corrected chi connectivity index (χ3v) is 2.89. The number of carbonyl (C=O) groups is 2. The lowest BCUT2D eigenvalue weighted by Gasteiger charge is -2.11. The van der Waals surface area contributed by atoms with Crippen LogP contribution in [0.4, 0.5) is 5.69 Å². The SMILES string of the molecule is CC(C)CCC(=O)NC(=S)Nc1ccc(O)c(C(=O)O)c1. The number of benzene rings is 1. The summed E-state index contributed by atoms with van der Waals surface area (Å²) < 4.78 is 0. The molecule has 0 unspecified atom stereocenters. The van der Waals surface area contributed by atoms with Crippen LogP contribution in [-0.2, 0) is 4.79 Å². The Labute approximate surface area is 128 Å². The number of hydrogen-bond donors (Lipinski definition) is 4. The van der Waals surface area contributed by atoms with Crippen LogP contribution in [0.1, 0.15) is 37.0 Å². The fraction of sp³-hybridized carbons (Fsp3) is 0.357. The van der Waals surface area contributed by atoms with Crippen LogP contribution < -0.4 is 10.6 Å². The fourth-order valence-electron chi connectivity index (χ4n) is 1.56. The number of phenols is 1. The Kier molecular flexibility index (Phi) is 6.10. The van der Waals surface area contributed by atoms with Crippen LogP contribution in [-0.4, -0.2) is 27.2 Å². The van der Waals surface area contributed by atoms with Crippen molar-refractivity contribution in [2.75, 3.05) is 5.32 Å². The molecule has 0 aromatic heterocycles. The molecule has 1 aromatic carbocycles. The van der Waals surface area contributed by atoms with Gasteiger partial charge < -0.3 is 20.8 Å². The molecule has 4 N–H and O–H groups in total. The minimum atomic E-state index is -1.25. The quantitative estimate of drug-likeness (QED) is 0.492. The first-order chi connectivity index (χ1) is 9.79. The third-order valence-electron chi connectivity index (χ3n) is 2.69. The van der Waals surface area contributed by atoms with Crippen molar-refractivity contribution in [2.24, 2.45) is 5.92 Å². The van der Waals surface area contributed by atoms with Crippen LogP contribution in [0.2, 0.25) is 0 Å². The van der Waals surface area contributed by atoms with Gasteiger partial charge >= 0.3 is 5.97 Å². The molecule has 21 heavy (non-hydrogen) atoms. The van der Waals surface area contributed by atoms with Gasteiger partial charge in [0.1, 0.15) is 11.3 Å². The van der Waals surface area contributed by atoms with Crippen molar-refractivity contribution in [2.45, 2.75) is 26.7 Å². The maximum Gasteiger partial charge on any atom is 0.339 e. The van der Waals surface area contributed by atoms with E-state index in [1.807, 2.05) is 13.8 Å². The Balaban J connectivity index is 2.61. The van der Waals surface area contributed by atoms with Crippen molar-refractivity contribution < 1.29 is 19.8 Å². The summed E-state index contributed by atoms with van der Waals surface area (Å²) in [7, 11) is 0. The van der Waals surface area contributed by atoms with Crippen molar-refractivity contribution in [1.29, 1.82) is 0 Å². The van der Waals surface area contributed by atoms with Crippen LogP contribution in [0.5, 0.6) is 5.75 Å². The molecular weight excluding hydrogens is 292 g/mol. The molecule has 0 saturated heterocycles. The summed E-state index contributed by atoms with van der Waals surface area (Å²) in [6, 6.07) is 3.95. The molecule has 0 aliphatic rings. The van der Waals surface area contributed by atoms with E-state index in [2.05, 4.69) is 10.6 Å². The van der Waals surface area contributed by atoms with Crippen molar-refractivity contribution in [3.05, 3.63) is 23.8 Å². The van der Waals surface area contributed by atoms with Gasteiger partial charge in [-0.3, -0.25) is 4.79 Å². The summed E-state index contributed by atoms with van der Waals surface area (Å²) in [6.07, 6.45) is 1.13. The van der Waals surface area contributed by atoms with E-state index in [0.717, 1.165) is 6.42 Å². The van der Waals surface area contributed by atoms with Gasteiger partial charge in [-0.1, -0.05) is 13.8 Å². The maximum absolute atomic E-state index is 11.6. The average molecular weight is 310 g/mol. The molecule has 114 valence electrons. The highest BCUT2D eigenvalue weighted by molar-refractivity contribution is 7.80. The lowest BCUT2D eigenvalue weighted by Crippen LogP contribution is -2.34. The zero-order valence-electron chi connectivity index (χ0n) is 11.8. The number of carbonyl (C=O) groups excluding carboxylic acids is 1. The number of aromatic hydroxyl groups is 1. The monoisotopic (exact) mass is 310 g/mol. The molecule has 6 nitrogen and oxygen atoms in total. The molecule has 0 heterocycles. The summed E-state index contributed by atoms with van der Waals surface area (Å²) in [6.45, 7) is 4.04. The largest absolute Gasteiger partial charge is 0.507 e. The predicted molar refractivity (Wildman–Crippen MR) is 83.5 cm³/mol. The lowest BCUT2D eigenvalue weighted by molar-refractivity contribution is -0.119. The number of aromatic carboxylic acids is 1. The second kappa shape index (κ2) is 7.58.